The average molecular weight is 419 g/mol. The smallest absolute Gasteiger partial charge is 0.261 e. The lowest BCUT2D eigenvalue weighted by atomic mass is 9.97. The number of Topliss-reactive ketones (excluding diaryl/α,β-unsaturated/α-hetero) is 1. The molecule has 2 aliphatic heterocycles. The van der Waals surface area contributed by atoms with Crippen LogP contribution in [0.3, 0.4) is 0 Å². The lowest BCUT2D eigenvalue weighted by molar-refractivity contribution is -0.121. The minimum atomic E-state index is -0.522. The Hall–Kier alpha value is -1.96. The fraction of sp³-hybridized carbons (Fsp3) is 0.571. The first-order chi connectivity index (χ1) is 14.0. The second-order valence-electron chi connectivity index (χ2n) is 8.06. The van der Waals surface area contributed by atoms with E-state index in [9.17, 15) is 14.7 Å². The number of nitrogens with zero attached hydrogens (tertiary/aromatic N) is 3. The van der Waals surface area contributed by atoms with Crippen molar-refractivity contribution in [3.8, 4) is 0 Å². The molecule has 1 aromatic heterocycles. The molecule has 3 heterocycles. The van der Waals surface area contributed by atoms with Crippen molar-refractivity contribution < 1.29 is 9.90 Å². The van der Waals surface area contributed by atoms with Gasteiger partial charge in [-0.1, -0.05) is 11.6 Å². The van der Waals surface area contributed by atoms with Gasteiger partial charge in [0.05, 0.1) is 40.6 Å². The van der Waals surface area contributed by atoms with E-state index in [4.69, 9.17) is 11.6 Å². The maximum Gasteiger partial charge on any atom is 0.261 e. The maximum atomic E-state index is 12.9. The van der Waals surface area contributed by atoms with Crippen LogP contribution in [0.25, 0.3) is 10.9 Å². The second-order valence-corrected chi connectivity index (χ2v) is 8.47. The molecular weight excluding hydrogens is 392 g/mol. The van der Waals surface area contributed by atoms with Gasteiger partial charge in [0.25, 0.3) is 5.56 Å². The minimum absolute atomic E-state index is 0.0574. The lowest BCUT2D eigenvalue weighted by Crippen LogP contribution is -2.46. The Labute approximate surface area is 174 Å². The molecule has 0 spiro atoms. The number of ketones is 1. The van der Waals surface area contributed by atoms with E-state index in [-0.39, 0.29) is 30.3 Å². The number of fused-ring (bicyclic) bond motifs is 1. The number of anilines is 1. The van der Waals surface area contributed by atoms with Crippen LogP contribution in [0.5, 0.6) is 0 Å². The van der Waals surface area contributed by atoms with Gasteiger partial charge < -0.3 is 15.3 Å². The fourth-order valence-electron chi connectivity index (χ4n) is 4.30. The molecule has 0 bridgehead atoms. The Morgan fingerprint density at radius 1 is 1.24 bits per heavy atom. The molecule has 2 saturated heterocycles. The standard InChI is InChI=1S/C21H27ClN4O3/c22-16-10-15-17(11-19(16)25-7-2-1-3-8-25)24-13-26(21(15)29)12-14(27)9-18-20(28)5-4-6-23-18/h10-11,13,18,20,23,28H,1-9,12H2. The Morgan fingerprint density at radius 3 is 2.79 bits per heavy atom. The molecule has 2 aliphatic rings. The average Bonchev–Trinajstić information content (AvgIpc) is 2.72. The van der Waals surface area contributed by atoms with Crippen molar-refractivity contribution in [1.82, 2.24) is 14.9 Å². The molecule has 2 aromatic rings. The number of rotatable bonds is 5. The molecular formula is C21H27ClN4O3. The molecule has 2 atom stereocenters. The van der Waals surface area contributed by atoms with Crippen LogP contribution in [0.15, 0.2) is 23.3 Å². The monoisotopic (exact) mass is 418 g/mol. The number of hydrogen-bond acceptors (Lipinski definition) is 6. The number of carbonyl (C=O) groups is 1. The Balaban J connectivity index is 1.54. The summed E-state index contributed by atoms with van der Waals surface area (Å²) >= 11 is 6.49. The highest BCUT2D eigenvalue weighted by Gasteiger charge is 2.25. The number of aromatic nitrogens is 2. The number of piperidine rings is 2. The van der Waals surface area contributed by atoms with Crippen molar-refractivity contribution in [3.05, 3.63) is 33.8 Å². The predicted octanol–water partition coefficient (Wildman–Crippen LogP) is 2.11. The van der Waals surface area contributed by atoms with Gasteiger partial charge in [-0.2, -0.15) is 0 Å². The molecule has 0 amide bonds. The third-order valence-electron chi connectivity index (χ3n) is 5.93. The third-order valence-corrected chi connectivity index (χ3v) is 6.23. The summed E-state index contributed by atoms with van der Waals surface area (Å²) in [4.78, 5) is 32.0. The molecule has 29 heavy (non-hydrogen) atoms. The predicted molar refractivity (Wildman–Crippen MR) is 114 cm³/mol. The van der Waals surface area contributed by atoms with Gasteiger partial charge in [-0.25, -0.2) is 4.98 Å². The molecule has 8 heteroatoms. The summed E-state index contributed by atoms with van der Waals surface area (Å²) in [7, 11) is 0. The third kappa shape index (κ3) is 4.47. The highest BCUT2D eigenvalue weighted by Crippen LogP contribution is 2.31. The van der Waals surface area contributed by atoms with E-state index >= 15 is 0 Å². The lowest BCUT2D eigenvalue weighted by Gasteiger charge is -2.29. The molecule has 1 aromatic carbocycles. The van der Waals surface area contributed by atoms with E-state index in [1.54, 1.807) is 6.07 Å². The van der Waals surface area contributed by atoms with E-state index < -0.39 is 6.10 Å². The molecule has 2 fully saturated rings. The van der Waals surface area contributed by atoms with Gasteiger partial charge in [-0.15, -0.1) is 0 Å². The van der Waals surface area contributed by atoms with Gasteiger partial charge in [0, 0.05) is 25.6 Å². The Morgan fingerprint density at radius 2 is 2.03 bits per heavy atom. The number of aliphatic hydroxyl groups excluding tert-OH is 1. The zero-order valence-corrected chi connectivity index (χ0v) is 17.2. The quantitative estimate of drug-likeness (QED) is 0.773. The molecule has 7 nitrogen and oxygen atoms in total. The summed E-state index contributed by atoms with van der Waals surface area (Å²) in [5.74, 6) is -0.109. The Kier molecular flexibility index (Phi) is 6.18. The van der Waals surface area contributed by atoms with Crippen LogP contribution in [-0.4, -0.2) is 52.2 Å². The number of nitrogens with one attached hydrogen (secondary N) is 1. The summed E-state index contributed by atoms with van der Waals surface area (Å²) in [6, 6.07) is 3.30. The van der Waals surface area contributed by atoms with E-state index in [2.05, 4.69) is 15.2 Å². The van der Waals surface area contributed by atoms with E-state index in [0.717, 1.165) is 44.6 Å². The van der Waals surface area contributed by atoms with Crippen LogP contribution in [0.2, 0.25) is 5.02 Å². The number of halogens is 1. The van der Waals surface area contributed by atoms with Crippen LogP contribution >= 0.6 is 11.6 Å². The molecule has 0 aliphatic carbocycles. The van der Waals surface area contributed by atoms with Crippen molar-refractivity contribution in [1.29, 1.82) is 0 Å². The SMILES string of the molecule is O=C(CC1NCCCC1O)Cn1cnc2cc(N3CCCCC3)c(Cl)cc2c1=O. The van der Waals surface area contributed by atoms with Crippen molar-refractivity contribution in [2.24, 2.45) is 0 Å². The zero-order chi connectivity index (χ0) is 20.4. The fourth-order valence-corrected chi connectivity index (χ4v) is 4.58. The number of aliphatic hydroxyl groups is 1. The highest BCUT2D eigenvalue weighted by atomic mass is 35.5. The number of hydrogen-bond donors (Lipinski definition) is 2. The van der Waals surface area contributed by atoms with Crippen molar-refractivity contribution in [2.45, 2.75) is 57.2 Å². The Bertz CT molecular complexity index is 955. The van der Waals surface area contributed by atoms with Crippen molar-refractivity contribution in [3.63, 3.8) is 0 Å². The van der Waals surface area contributed by atoms with Crippen LogP contribution < -0.4 is 15.8 Å². The first-order valence-corrected chi connectivity index (χ1v) is 10.8. The maximum absolute atomic E-state index is 12.9. The van der Waals surface area contributed by atoms with Crippen LogP contribution in [0, 0.1) is 0 Å². The number of carbonyl (C=O) groups excluding carboxylic acids is 1. The van der Waals surface area contributed by atoms with Gasteiger partial charge in [0.1, 0.15) is 0 Å². The van der Waals surface area contributed by atoms with E-state index in [0.29, 0.717) is 22.3 Å². The van der Waals surface area contributed by atoms with Gasteiger partial charge in [-0.05, 0) is 50.8 Å². The number of benzene rings is 1. The van der Waals surface area contributed by atoms with Crippen LogP contribution in [-0.2, 0) is 11.3 Å². The minimum Gasteiger partial charge on any atom is -0.391 e. The van der Waals surface area contributed by atoms with Crippen LogP contribution in [0.4, 0.5) is 5.69 Å². The zero-order valence-electron chi connectivity index (χ0n) is 16.4. The first kappa shape index (κ1) is 20.3. The van der Waals surface area contributed by atoms with Crippen LogP contribution in [0.1, 0.15) is 38.5 Å². The summed E-state index contributed by atoms with van der Waals surface area (Å²) in [6.07, 6.45) is 6.20. The molecule has 156 valence electrons. The molecule has 2 unspecified atom stereocenters. The largest absolute Gasteiger partial charge is 0.391 e. The summed E-state index contributed by atoms with van der Waals surface area (Å²) in [5.41, 5.74) is 1.23. The highest BCUT2D eigenvalue weighted by molar-refractivity contribution is 6.34. The van der Waals surface area contributed by atoms with E-state index in [1.165, 1.54) is 17.3 Å². The van der Waals surface area contributed by atoms with Crippen molar-refractivity contribution in [2.75, 3.05) is 24.5 Å². The van der Waals surface area contributed by atoms with E-state index in [1.807, 2.05) is 6.07 Å². The molecule has 0 saturated carbocycles. The second kappa shape index (κ2) is 8.81. The van der Waals surface area contributed by atoms with Gasteiger partial charge in [-0.3, -0.25) is 14.2 Å². The molecule has 4 rings (SSSR count). The summed E-state index contributed by atoms with van der Waals surface area (Å²) in [6.45, 7) is 2.65. The van der Waals surface area contributed by atoms with Gasteiger partial charge >= 0.3 is 0 Å². The molecule has 2 N–H and O–H groups in total. The topological polar surface area (TPSA) is 87.5 Å². The normalized spacial score (nSPS) is 22.8. The van der Waals surface area contributed by atoms with Gasteiger partial charge in [0.15, 0.2) is 5.78 Å². The molecule has 0 radical (unpaired) electrons. The first-order valence-electron chi connectivity index (χ1n) is 10.4. The van der Waals surface area contributed by atoms with Gasteiger partial charge in [0.2, 0.25) is 0 Å². The summed E-state index contributed by atoms with van der Waals surface area (Å²) < 4.78 is 1.33. The summed E-state index contributed by atoms with van der Waals surface area (Å²) in [5, 5.41) is 14.2. The van der Waals surface area contributed by atoms with Crippen molar-refractivity contribution >= 4 is 34.0 Å².